The lowest BCUT2D eigenvalue weighted by molar-refractivity contribution is -0.128. The second-order valence-corrected chi connectivity index (χ2v) is 3.79. The Kier molecular flexibility index (Phi) is 5.29. The standard InChI is InChI=1S/C13H16FNO4/c1-4-15-12(16)8(2)19-13(17)10-6-5-9(18-3)7-11(10)14/h5-8H,4H2,1-3H3,(H,15,16)/t8-/m0/s1. The van der Waals surface area contributed by atoms with E-state index in [9.17, 15) is 14.0 Å². The van der Waals surface area contributed by atoms with Crippen molar-refractivity contribution in [2.24, 2.45) is 0 Å². The first-order valence-corrected chi connectivity index (χ1v) is 5.81. The second-order valence-electron chi connectivity index (χ2n) is 3.79. The van der Waals surface area contributed by atoms with Gasteiger partial charge in [-0.3, -0.25) is 4.79 Å². The van der Waals surface area contributed by atoms with Gasteiger partial charge in [0, 0.05) is 12.6 Å². The fourth-order valence-corrected chi connectivity index (χ4v) is 1.38. The molecule has 1 atom stereocenters. The molecule has 6 heteroatoms. The number of benzene rings is 1. The second kappa shape index (κ2) is 6.72. The van der Waals surface area contributed by atoms with Gasteiger partial charge in [-0.25, -0.2) is 9.18 Å². The summed E-state index contributed by atoms with van der Waals surface area (Å²) >= 11 is 0. The number of amides is 1. The number of hydrogen-bond donors (Lipinski definition) is 1. The predicted octanol–water partition coefficient (Wildman–Crippen LogP) is 1.52. The van der Waals surface area contributed by atoms with E-state index in [2.05, 4.69) is 5.32 Å². The van der Waals surface area contributed by atoms with Gasteiger partial charge in [0.2, 0.25) is 0 Å². The maximum atomic E-state index is 13.6. The number of esters is 1. The lowest BCUT2D eigenvalue weighted by atomic mass is 10.2. The molecule has 0 heterocycles. The van der Waals surface area contributed by atoms with E-state index < -0.39 is 23.8 Å². The Bertz CT molecular complexity index is 476. The van der Waals surface area contributed by atoms with Gasteiger partial charge in [-0.15, -0.1) is 0 Å². The first-order chi connectivity index (χ1) is 8.99. The zero-order valence-corrected chi connectivity index (χ0v) is 11.0. The van der Waals surface area contributed by atoms with Crippen molar-refractivity contribution in [1.29, 1.82) is 0 Å². The van der Waals surface area contributed by atoms with Crippen LogP contribution in [0.1, 0.15) is 24.2 Å². The van der Waals surface area contributed by atoms with Crippen LogP contribution in [0.5, 0.6) is 5.75 Å². The number of carbonyl (C=O) groups is 2. The normalized spacial score (nSPS) is 11.6. The highest BCUT2D eigenvalue weighted by atomic mass is 19.1. The van der Waals surface area contributed by atoms with Crippen molar-refractivity contribution in [3.05, 3.63) is 29.6 Å². The van der Waals surface area contributed by atoms with Crippen molar-refractivity contribution >= 4 is 11.9 Å². The number of hydrogen-bond acceptors (Lipinski definition) is 4. The number of nitrogens with one attached hydrogen (secondary N) is 1. The average molecular weight is 269 g/mol. The van der Waals surface area contributed by atoms with Gasteiger partial charge in [-0.05, 0) is 26.0 Å². The van der Waals surface area contributed by atoms with Crippen molar-refractivity contribution in [1.82, 2.24) is 5.32 Å². The van der Waals surface area contributed by atoms with Crippen LogP contribution in [-0.2, 0) is 9.53 Å². The highest BCUT2D eigenvalue weighted by Gasteiger charge is 2.20. The van der Waals surface area contributed by atoms with E-state index in [0.717, 1.165) is 6.07 Å². The lowest BCUT2D eigenvalue weighted by Crippen LogP contribution is -2.35. The lowest BCUT2D eigenvalue weighted by Gasteiger charge is -2.13. The zero-order chi connectivity index (χ0) is 14.4. The number of ether oxygens (including phenoxy) is 2. The summed E-state index contributed by atoms with van der Waals surface area (Å²) in [5.74, 6) is -1.78. The van der Waals surface area contributed by atoms with Crippen LogP contribution < -0.4 is 10.1 Å². The fourth-order valence-electron chi connectivity index (χ4n) is 1.38. The van der Waals surface area contributed by atoms with Crippen LogP contribution >= 0.6 is 0 Å². The van der Waals surface area contributed by atoms with E-state index in [0.29, 0.717) is 12.3 Å². The molecule has 1 rings (SSSR count). The molecule has 19 heavy (non-hydrogen) atoms. The zero-order valence-electron chi connectivity index (χ0n) is 11.0. The SMILES string of the molecule is CCNC(=O)[C@H](C)OC(=O)c1ccc(OC)cc1F. The minimum absolute atomic E-state index is 0.239. The van der Waals surface area contributed by atoms with Gasteiger partial charge in [0.25, 0.3) is 5.91 Å². The smallest absolute Gasteiger partial charge is 0.341 e. The van der Waals surface area contributed by atoms with Crippen molar-refractivity contribution < 1.29 is 23.5 Å². The Labute approximate surface area is 110 Å². The molecule has 1 amide bonds. The third-order valence-electron chi connectivity index (χ3n) is 2.40. The molecule has 0 bridgehead atoms. The van der Waals surface area contributed by atoms with Crippen LogP contribution in [0, 0.1) is 5.82 Å². The Morgan fingerprint density at radius 2 is 2.11 bits per heavy atom. The molecule has 0 radical (unpaired) electrons. The molecular weight excluding hydrogens is 253 g/mol. The van der Waals surface area contributed by atoms with E-state index in [1.165, 1.54) is 26.2 Å². The Morgan fingerprint density at radius 1 is 1.42 bits per heavy atom. The van der Waals surface area contributed by atoms with Gasteiger partial charge in [0.15, 0.2) is 6.10 Å². The van der Waals surface area contributed by atoms with E-state index in [1.807, 2.05) is 0 Å². The van der Waals surface area contributed by atoms with E-state index in [4.69, 9.17) is 9.47 Å². The van der Waals surface area contributed by atoms with Crippen molar-refractivity contribution in [2.75, 3.05) is 13.7 Å². The largest absolute Gasteiger partial charge is 0.497 e. The topological polar surface area (TPSA) is 64.6 Å². The molecule has 5 nitrogen and oxygen atoms in total. The molecule has 1 aromatic carbocycles. The third-order valence-corrected chi connectivity index (χ3v) is 2.40. The predicted molar refractivity (Wildman–Crippen MR) is 66.5 cm³/mol. The molecule has 0 fully saturated rings. The summed E-state index contributed by atoms with van der Waals surface area (Å²) in [4.78, 5) is 23.1. The van der Waals surface area contributed by atoms with E-state index in [1.54, 1.807) is 6.92 Å². The third kappa shape index (κ3) is 3.94. The van der Waals surface area contributed by atoms with Gasteiger partial charge in [0.05, 0.1) is 12.7 Å². The molecule has 0 spiro atoms. The van der Waals surface area contributed by atoms with Gasteiger partial charge < -0.3 is 14.8 Å². The van der Waals surface area contributed by atoms with Gasteiger partial charge >= 0.3 is 5.97 Å². The molecule has 0 aliphatic heterocycles. The Hall–Kier alpha value is -2.11. The number of rotatable bonds is 5. The molecular formula is C13H16FNO4. The molecule has 1 N–H and O–H groups in total. The van der Waals surface area contributed by atoms with Crippen molar-refractivity contribution in [3.63, 3.8) is 0 Å². The molecule has 0 aromatic heterocycles. The molecule has 0 unspecified atom stereocenters. The van der Waals surface area contributed by atoms with Crippen LogP contribution in [0.3, 0.4) is 0 Å². The Morgan fingerprint density at radius 3 is 2.63 bits per heavy atom. The molecule has 104 valence electrons. The van der Waals surface area contributed by atoms with Crippen LogP contribution in [-0.4, -0.2) is 31.6 Å². The first-order valence-electron chi connectivity index (χ1n) is 5.81. The fraction of sp³-hybridized carbons (Fsp3) is 0.385. The first kappa shape index (κ1) is 14.9. The maximum absolute atomic E-state index is 13.6. The summed E-state index contributed by atoms with van der Waals surface area (Å²) in [5, 5.41) is 2.51. The van der Waals surface area contributed by atoms with Crippen molar-refractivity contribution in [3.8, 4) is 5.75 Å². The molecule has 1 aromatic rings. The van der Waals surface area contributed by atoms with Crippen LogP contribution in [0.15, 0.2) is 18.2 Å². The summed E-state index contributed by atoms with van der Waals surface area (Å²) in [6.45, 7) is 3.59. The number of carbonyl (C=O) groups excluding carboxylic acids is 2. The minimum atomic E-state index is -0.978. The van der Waals surface area contributed by atoms with Gasteiger partial charge in [-0.2, -0.15) is 0 Å². The van der Waals surface area contributed by atoms with Gasteiger partial charge in [0.1, 0.15) is 11.6 Å². The van der Waals surface area contributed by atoms with Gasteiger partial charge in [-0.1, -0.05) is 0 Å². The monoisotopic (exact) mass is 269 g/mol. The highest BCUT2D eigenvalue weighted by molar-refractivity contribution is 5.92. The number of halogens is 1. The Balaban J connectivity index is 2.75. The van der Waals surface area contributed by atoms with Crippen LogP contribution in [0.2, 0.25) is 0 Å². The summed E-state index contributed by atoms with van der Waals surface area (Å²) in [6, 6.07) is 3.77. The quantitative estimate of drug-likeness (QED) is 0.823. The molecule has 0 saturated carbocycles. The molecule has 0 aliphatic rings. The minimum Gasteiger partial charge on any atom is -0.497 e. The highest BCUT2D eigenvalue weighted by Crippen LogP contribution is 2.17. The summed E-state index contributed by atoms with van der Waals surface area (Å²) in [6.07, 6.45) is -0.978. The maximum Gasteiger partial charge on any atom is 0.341 e. The van der Waals surface area contributed by atoms with E-state index >= 15 is 0 Å². The van der Waals surface area contributed by atoms with Crippen LogP contribution in [0.25, 0.3) is 0 Å². The number of methoxy groups -OCH3 is 1. The average Bonchev–Trinajstić information content (AvgIpc) is 2.38. The summed E-state index contributed by atoms with van der Waals surface area (Å²) < 4.78 is 23.3. The van der Waals surface area contributed by atoms with E-state index in [-0.39, 0.29) is 5.56 Å². The molecule has 0 aliphatic carbocycles. The summed E-state index contributed by atoms with van der Waals surface area (Å²) in [7, 11) is 1.39. The molecule has 0 saturated heterocycles. The van der Waals surface area contributed by atoms with Crippen LogP contribution in [0.4, 0.5) is 4.39 Å². The summed E-state index contributed by atoms with van der Waals surface area (Å²) in [5.41, 5.74) is -0.239. The van der Waals surface area contributed by atoms with Crippen molar-refractivity contribution in [2.45, 2.75) is 20.0 Å². The number of likely N-dealkylation sites (N-methyl/N-ethyl adjacent to an activating group) is 1.